The van der Waals surface area contributed by atoms with Crippen molar-refractivity contribution in [3.63, 3.8) is 0 Å². The highest BCUT2D eigenvalue weighted by Gasteiger charge is 2.29. The van der Waals surface area contributed by atoms with Crippen LogP contribution >= 0.6 is 0 Å². The quantitative estimate of drug-likeness (QED) is 0.868. The molecular weight excluding hydrogens is 308 g/mol. The first kappa shape index (κ1) is 18.1. The molecule has 2 atom stereocenters. The number of nitrogens with zero attached hydrogens (tertiary/aromatic N) is 1. The smallest absolute Gasteiger partial charge is 0.317 e. The molecule has 2 rings (SSSR count). The van der Waals surface area contributed by atoms with Gasteiger partial charge in [-0.3, -0.25) is 4.79 Å². The van der Waals surface area contributed by atoms with Gasteiger partial charge in [0.25, 0.3) is 0 Å². The fraction of sp³-hybridized carbons (Fsp3) is 0.556. The molecule has 1 aliphatic heterocycles. The predicted octanol–water partition coefficient (Wildman–Crippen LogP) is 2.90. The molecule has 1 aliphatic rings. The molecule has 132 valence electrons. The Kier molecular flexibility index (Phi) is 6.06. The van der Waals surface area contributed by atoms with E-state index >= 15 is 0 Å². The van der Waals surface area contributed by atoms with Gasteiger partial charge in [-0.25, -0.2) is 4.79 Å². The third kappa shape index (κ3) is 4.40. The van der Waals surface area contributed by atoms with Crippen LogP contribution in [-0.2, 0) is 4.79 Å². The van der Waals surface area contributed by atoms with Gasteiger partial charge in [0.2, 0.25) is 0 Å². The zero-order chi connectivity index (χ0) is 17.7. The lowest BCUT2D eigenvalue weighted by Crippen LogP contribution is -2.48. The van der Waals surface area contributed by atoms with Crippen molar-refractivity contribution in [3.05, 3.63) is 29.8 Å². The first-order valence-corrected chi connectivity index (χ1v) is 8.34. The van der Waals surface area contributed by atoms with Crippen LogP contribution in [0.25, 0.3) is 0 Å². The number of rotatable bonds is 5. The Hall–Kier alpha value is -2.24. The van der Waals surface area contributed by atoms with E-state index < -0.39 is 11.9 Å². The predicted molar refractivity (Wildman–Crippen MR) is 91.0 cm³/mol. The molecule has 0 saturated carbocycles. The number of urea groups is 1. The van der Waals surface area contributed by atoms with E-state index in [-0.39, 0.29) is 24.5 Å². The van der Waals surface area contributed by atoms with E-state index in [4.69, 9.17) is 9.84 Å². The highest BCUT2D eigenvalue weighted by atomic mass is 16.5. The summed E-state index contributed by atoms with van der Waals surface area (Å²) >= 11 is 0. The van der Waals surface area contributed by atoms with Crippen molar-refractivity contribution in [1.29, 1.82) is 0 Å². The maximum absolute atomic E-state index is 12.6. The fourth-order valence-electron chi connectivity index (χ4n) is 3.03. The molecular formula is C18H26N2O4. The van der Waals surface area contributed by atoms with Crippen molar-refractivity contribution in [1.82, 2.24) is 10.2 Å². The van der Waals surface area contributed by atoms with Crippen LogP contribution in [0.15, 0.2) is 24.3 Å². The Balaban J connectivity index is 2.06. The molecule has 2 N–H and O–H groups in total. The molecule has 2 amide bonds. The number of amides is 2. The first-order chi connectivity index (χ1) is 11.4. The number of likely N-dealkylation sites (tertiary alicyclic amines) is 1. The Labute approximate surface area is 142 Å². The van der Waals surface area contributed by atoms with E-state index in [9.17, 15) is 9.59 Å². The first-order valence-electron chi connectivity index (χ1n) is 8.34. The van der Waals surface area contributed by atoms with Crippen LogP contribution in [0.5, 0.6) is 5.75 Å². The summed E-state index contributed by atoms with van der Waals surface area (Å²) < 4.78 is 5.17. The topological polar surface area (TPSA) is 78.9 Å². The maximum atomic E-state index is 12.6. The second-order valence-corrected chi connectivity index (χ2v) is 6.57. The van der Waals surface area contributed by atoms with Gasteiger partial charge in [-0.1, -0.05) is 26.0 Å². The SMILES string of the molecule is COc1ccc(C(NC(=O)N2CCCC(C(=O)O)C2)C(C)C)cc1. The summed E-state index contributed by atoms with van der Waals surface area (Å²) in [6.45, 7) is 4.97. The molecule has 6 heteroatoms. The lowest BCUT2D eigenvalue weighted by Gasteiger charge is -2.33. The number of hydrogen-bond acceptors (Lipinski definition) is 3. The van der Waals surface area contributed by atoms with Crippen molar-refractivity contribution in [2.45, 2.75) is 32.7 Å². The van der Waals surface area contributed by atoms with Crippen LogP contribution in [0.4, 0.5) is 4.79 Å². The minimum absolute atomic E-state index is 0.131. The number of piperidine rings is 1. The highest BCUT2D eigenvalue weighted by Crippen LogP contribution is 2.25. The summed E-state index contributed by atoms with van der Waals surface area (Å²) in [5.74, 6) is -0.318. The highest BCUT2D eigenvalue weighted by molar-refractivity contribution is 5.77. The van der Waals surface area contributed by atoms with E-state index in [1.165, 1.54) is 0 Å². The van der Waals surface area contributed by atoms with Crippen LogP contribution in [0, 0.1) is 11.8 Å². The van der Waals surface area contributed by atoms with Gasteiger partial charge >= 0.3 is 12.0 Å². The van der Waals surface area contributed by atoms with E-state index in [1.54, 1.807) is 12.0 Å². The Morgan fingerprint density at radius 3 is 2.50 bits per heavy atom. The fourth-order valence-corrected chi connectivity index (χ4v) is 3.03. The van der Waals surface area contributed by atoms with E-state index in [1.807, 2.05) is 38.1 Å². The normalized spacial score (nSPS) is 19.0. The molecule has 6 nitrogen and oxygen atoms in total. The van der Waals surface area contributed by atoms with Gasteiger partial charge in [0.15, 0.2) is 0 Å². The van der Waals surface area contributed by atoms with Crippen LogP contribution in [0.2, 0.25) is 0 Å². The number of carboxylic acid groups (broad SMARTS) is 1. The van der Waals surface area contributed by atoms with Gasteiger partial charge in [-0.15, -0.1) is 0 Å². The summed E-state index contributed by atoms with van der Waals surface area (Å²) in [7, 11) is 1.62. The molecule has 24 heavy (non-hydrogen) atoms. The summed E-state index contributed by atoms with van der Waals surface area (Å²) in [5.41, 5.74) is 1.01. The van der Waals surface area contributed by atoms with E-state index in [0.29, 0.717) is 13.0 Å². The summed E-state index contributed by atoms with van der Waals surface area (Å²) in [6, 6.07) is 7.31. The maximum Gasteiger partial charge on any atom is 0.317 e. The lowest BCUT2D eigenvalue weighted by atomic mass is 9.95. The average molecular weight is 334 g/mol. The van der Waals surface area contributed by atoms with Crippen LogP contribution < -0.4 is 10.1 Å². The third-order valence-electron chi connectivity index (χ3n) is 4.48. The van der Waals surface area contributed by atoms with Crippen molar-refractivity contribution >= 4 is 12.0 Å². The molecule has 0 radical (unpaired) electrons. The molecule has 2 unspecified atom stereocenters. The van der Waals surface area contributed by atoms with Crippen LogP contribution in [0.1, 0.15) is 38.3 Å². The minimum Gasteiger partial charge on any atom is -0.497 e. The molecule has 1 heterocycles. The van der Waals surface area contributed by atoms with Gasteiger partial charge in [-0.05, 0) is 36.5 Å². The average Bonchev–Trinajstić information content (AvgIpc) is 2.59. The number of ether oxygens (including phenoxy) is 1. The number of carbonyl (C=O) groups excluding carboxylic acids is 1. The van der Waals surface area contributed by atoms with Crippen LogP contribution in [0.3, 0.4) is 0 Å². The Morgan fingerprint density at radius 2 is 1.96 bits per heavy atom. The molecule has 0 aromatic heterocycles. The van der Waals surface area contributed by atoms with Crippen molar-refractivity contribution in [2.75, 3.05) is 20.2 Å². The second-order valence-electron chi connectivity index (χ2n) is 6.57. The zero-order valence-electron chi connectivity index (χ0n) is 14.5. The lowest BCUT2D eigenvalue weighted by molar-refractivity contribution is -0.143. The monoisotopic (exact) mass is 334 g/mol. The minimum atomic E-state index is -0.830. The van der Waals surface area contributed by atoms with Gasteiger partial charge in [0.1, 0.15) is 5.75 Å². The van der Waals surface area contributed by atoms with Crippen molar-refractivity contribution < 1.29 is 19.4 Å². The van der Waals surface area contributed by atoms with Crippen LogP contribution in [-0.4, -0.2) is 42.2 Å². The molecule has 1 fully saturated rings. The van der Waals surface area contributed by atoms with Gasteiger partial charge in [0.05, 0.1) is 19.1 Å². The number of hydrogen-bond donors (Lipinski definition) is 2. The third-order valence-corrected chi connectivity index (χ3v) is 4.48. The Morgan fingerprint density at radius 1 is 1.29 bits per heavy atom. The van der Waals surface area contributed by atoms with E-state index in [0.717, 1.165) is 17.7 Å². The zero-order valence-corrected chi connectivity index (χ0v) is 14.5. The molecule has 0 spiro atoms. The molecule has 0 bridgehead atoms. The number of carbonyl (C=O) groups is 2. The van der Waals surface area contributed by atoms with Gasteiger partial charge in [0, 0.05) is 13.1 Å². The molecule has 0 aliphatic carbocycles. The van der Waals surface area contributed by atoms with Crippen molar-refractivity contribution in [3.8, 4) is 5.75 Å². The van der Waals surface area contributed by atoms with Gasteiger partial charge in [-0.2, -0.15) is 0 Å². The number of aliphatic carboxylic acids is 1. The second kappa shape index (κ2) is 8.04. The van der Waals surface area contributed by atoms with Crippen molar-refractivity contribution in [2.24, 2.45) is 11.8 Å². The Bertz CT molecular complexity index is 571. The van der Waals surface area contributed by atoms with E-state index in [2.05, 4.69) is 5.32 Å². The number of nitrogens with one attached hydrogen (secondary N) is 1. The number of methoxy groups -OCH3 is 1. The molecule has 1 aromatic rings. The number of benzene rings is 1. The molecule has 1 aromatic carbocycles. The summed E-state index contributed by atoms with van der Waals surface area (Å²) in [5, 5.41) is 12.2. The summed E-state index contributed by atoms with van der Waals surface area (Å²) in [6.07, 6.45) is 1.35. The number of carboxylic acids is 1. The molecule has 1 saturated heterocycles. The summed E-state index contributed by atoms with van der Waals surface area (Å²) in [4.78, 5) is 25.4. The standard InChI is InChI=1S/C18H26N2O4/c1-12(2)16(13-6-8-15(24-3)9-7-13)19-18(23)20-10-4-5-14(11-20)17(21)22/h6-9,12,14,16H,4-5,10-11H2,1-3H3,(H,19,23)(H,21,22). The largest absolute Gasteiger partial charge is 0.497 e. The van der Waals surface area contributed by atoms with Gasteiger partial charge < -0.3 is 20.1 Å².